The lowest BCUT2D eigenvalue weighted by atomic mass is 10.0. The van der Waals surface area contributed by atoms with Gasteiger partial charge in [0.1, 0.15) is 12.4 Å². The van der Waals surface area contributed by atoms with E-state index in [-0.39, 0.29) is 12.4 Å². The zero-order valence-corrected chi connectivity index (χ0v) is 12.4. The highest BCUT2D eigenvalue weighted by molar-refractivity contribution is 6.30. The number of hydrogen-bond donors (Lipinski definition) is 0. The normalized spacial score (nSPS) is 10.3. The highest BCUT2D eigenvalue weighted by Crippen LogP contribution is 2.16. The Kier molecular flexibility index (Phi) is 4.80. The van der Waals surface area contributed by atoms with Crippen LogP contribution in [0, 0.1) is 13.8 Å². The monoisotopic (exact) mass is 288 g/mol. The molecule has 0 saturated carbocycles. The number of carbonyl (C=O) groups is 1. The summed E-state index contributed by atoms with van der Waals surface area (Å²) in [4.78, 5) is 11.9. The van der Waals surface area contributed by atoms with Crippen LogP contribution in [0.1, 0.15) is 16.7 Å². The third-order valence-corrected chi connectivity index (χ3v) is 3.44. The van der Waals surface area contributed by atoms with E-state index in [0.29, 0.717) is 17.2 Å². The average molecular weight is 289 g/mol. The zero-order valence-electron chi connectivity index (χ0n) is 11.7. The predicted octanol–water partition coefficient (Wildman–Crippen LogP) is 4.15. The van der Waals surface area contributed by atoms with Gasteiger partial charge >= 0.3 is 0 Å². The van der Waals surface area contributed by atoms with Crippen LogP contribution in [0.3, 0.4) is 0 Å². The number of ketones is 1. The molecule has 0 bridgehead atoms. The topological polar surface area (TPSA) is 26.3 Å². The molecule has 2 rings (SSSR count). The minimum atomic E-state index is 0.0585. The van der Waals surface area contributed by atoms with Gasteiger partial charge in [0.2, 0.25) is 0 Å². The van der Waals surface area contributed by atoms with Crippen LogP contribution in [0.25, 0.3) is 0 Å². The Hall–Kier alpha value is -1.80. The Bertz CT molecular complexity index is 603. The van der Waals surface area contributed by atoms with Gasteiger partial charge in [0.15, 0.2) is 5.78 Å². The third-order valence-electron chi connectivity index (χ3n) is 3.19. The number of hydrogen-bond acceptors (Lipinski definition) is 2. The van der Waals surface area contributed by atoms with Crippen LogP contribution in [-0.4, -0.2) is 12.4 Å². The fraction of sp³-hybridized carbons (Fsp3) is 0.235. The molecular formula is C17H17ClO2. The molecule has 0 radical (unpaired) electrons. The summed E-state index contributed by atoms with van der Waals surface area (Å²) in [5, 5.41) is 0.652. The van der Waals surface area contributed by atoms with Crippen LogP contribution in [0.2, 0.25) is 5.02 Å². The van der Waals surface area contributed by atoms with Crippen molar-refractivity contribution in [1.29, 1.82) is 0 Å². The quantitative estimate of drug-likeness (QED) is 0.826. The first-order valence-electron chi connectivity index (χ1n) is 6.51. The number of aryl methyl sites for hydroxylation is 2. The molecule has 0 amide bonds. The molecule has 0 heterocycles. The van der Waals surface area contributed by atoms with Gasteiger partial charge in [0.25, 0.3) is 0 Å². The standard InChI is InChI=1S/C17H17ClO2/c1-12-3-4-14(9-13(12)2)10-16(19)11-20-17-7-5-15(18)6-8-17/h3-9H,10-11H2,1-2H3. The molecule has 0 spiro atoms. The lowest BCUT2D eigenvalue weighted by Gasteiger charge is -2.07. The fourth-order valence-electron chi connectivity index (χ4n) is 1.89. The van der Waals surface area contributed by atoms with Crippen molar-refractivity contribution in [1.82, 2.24) is 0 Å². The van der Waals surface area contributed by atoms with E-state index in [9.17, 15) is 4.79 Å². The molecule has 0 unspecified atom stereocenters. The van der Waals surface area contributed by atoms with Crippen molar-refractivity contribution in [3.05, 3.63) is 64.2 Å². The van der Waals surface area contributed by atoms with Gasteiger partial charge in [-0.1, -0.05) is 29.8 Å². The van der Waals surface area contributed by atoms with E-state index in [0.717, 1.165) is 5.56 Å². The summed E-state index contributed by atoms with van der Waals surface area (Å²) in [6.07, 6.45) is 0.398. The molecule has 2 aromatic carbocycles. The lowest BCUT2D eigenvalue weighted by Crippen LogP contribution is -2.13. The van der Waals surface area contributed by atoms with Gasteiger partial charge in [0, 0.05) is 11.4 Å². The maximum atomic E-state index is 11.9. The van der Waals surface area contributed by atoms with E-state index in [1.807, 2.05) is 19.1 Å². The summed E-state index contributed by atoms with van der Waals surface area (Å²) in [6.45, 7) is 4.19. The number of ether oxygens (including phenoxy) is 1. The average Bonchev–Trinajstić information content (AvgIpc) is 2.42. The van der Waals surface area contributed by atoms with Gasteiger partial charge in [-0.2, -0.15) is 0 Å². The smallest absolute Gasteiger partial charge is 0.174 e. The molecule has 0 aliphatic heterocycles. The first-order valence-corrected chi connectivity index (χ1v) is 6.88. The summed E-state index contributed by atoms with van der Waals surface area (Å²) < 4.78 is 5.44. The second-order valence-corrected chi connectivity index (χ2v) is 5.31. The molecule has 2 nitrogen and oxygen atoms in total. The second kappa shape index (κ2) is 6.58. The Morgan fingerprint density at radius 3 is 2.40 bits per heavy atom. The highest BCUT2D eigenvalue weighted by atomic mass is 35.5. The first-order chi connectivity index (χ1) is 9.54. The molecule has 0 aliphatic rings. The minimum absolute atomic E-state index is 0.0585. The van der Waals surface area contributed by atoms with E-state index in [4.69, 9.17) is 16.3 Å². The van der Waals surface area contributed by atoms with Gasteiger partial charge < -0.3 is 4.74 Å². The number of Topliss-reactive ketones (excluding diaryl/α,β-unsaturated/α-hetero) is 1. The van der Waals surface area contributed by atoms with Crippen LogP contribution < -0.4 is 4.74 Å². The number of halogens is 1. The van der Waals surface area contributed by atoms with Gasteiger partial charge in [-0.05, 0) is 54.8 Å². The van der Waals surface area contributed by atoms with Crippen LogP contribution in [0.4, 0.5) is 0 Å². The fourth-order valence-corrected chi connectivity index (χ4v) is 2.01. The predicted molar refractivity (Wildman–Crippen MR) is 81.6 cm³/mol. The van der Waals surface area contributed by atoms with Crippen LogP contribution in [0.15, 0.2) is 42.5 Å². The molecule has 0 aromatic heterocycles. The van der Waals surface area contributed by atoms with Gasteiger partial charge in [-0.3, -0.25) is 4.79 Å². The second-order valence-electron chi connectivity index (χ2n) is 4.88. The van der Waals surface area contributed by atoms with Crippen molar-refractivity contribution < 1.29 is 9.53 Å². The Morgan fingerprint density at radius 1 is 1.05 bits per heavy atom. The van der Waals surface area contributed by atoms with E-state index in [1.54, 1.807) is 24.3 Å². The Labute approximate surface area is 124 Å². The van der Waals surface area contributed by atoms with E-state index < -0.39 is 0 Å². The summed E-state index contributed by atoms with van der Waals surface area (Å²) in [5.41, 5.74) is 3.46. The maximum Gasteiger partial charge on any atom is 0.174 e. The Balaban J connectivity index is 1.89. The molecular weight excluding hydrogens is 272 g/mol. The highest BCUT2D eigenvalue weighted by Gasteiger charge is 2.06. The van der Waals surface area contributed by atoms with E-state index in [2.05, 4.69) is 13.0 Å². The largest absolute Gasteiger partial charge is 0.486 e. The molecule has 0 atom stereocenters. The molecule has 0 N–H and O–H groups in total. The van der Waals surface area contributed by atoms with Crippen molar-refractivity contribution >= 4 is 17.4 Å². The van der Waals surface area contributed by atoms with Crippen molar-refractivity contribution in [3.8, 4) is 5.75 Å². The van der Waals surface area contributed by atoms with Crippen LogP contribution in [-0.2, 0) is 11.2 Å². The molecule has 3 heteroatoms. The Morgan fingerprint density at radius 2 is 1.75 bits per heavy atom. The number of rotatable bonds is 5. The lowest BCUT2D eigenvalue weighted by molar-refractivity contribution is -0.120. The van der Waals surface area contributed by atoms with Crippen LogP contribution in [0.5, 0.6) is 5.75 Å². The zero-order chi connectivity index (χ0) is 14.5. The van der Waals surface area contributed by atoms with Gasteiger partial charge in [0.05, 0.1) is 0 Å². The van der Waals surface area contributed by atoms with Crippen LogP contribution >= 0.6 is 11.6 Å². The van der Waals surface area contributed by atoms with Crippen molar-refractivity contribution in [2.75, 3.05) is 6.61 Å². The summed E-state index contributed by atoms with van der Waals surface area (Å²) in [6, 6.07) is 13.1. The third kappa shape index (κ3) is 4.10. The summed E-state index contributed by atoms with van der Waals surface area (Å²) in [7, 11) is 0. The molecule has 0 aliphatic carbocycles. The molecule has 0 fully saturated rings. The molecule has 104 valence electrons. The van der Waals surface area contributed by atoms with Gasteiger partial charge in [-0.15, -0.1) is 0 Å². The van der Waals surface area contributed by atoms with Crippen molar-refractivity contribution in [3.63, 3.8) is 0 Å². The first kappa shape index (κ1) is 14.6. The molecule has 2 aromatic rings. The molecule has 0 saturated heterocycles. The van der Waals surface area contributed by atoms with Gasteiger partial charge in [-0.25, -0.2) is 0 Å². The maximum absolute atomic E-state index is 11.9. The number of carbonyl (C=O) groups excluding carboxylic acids is 1. The number of benzene rings is 2. The SMILES string of the molecule is Cc1ccc(CC(=O)COc2ccc(Cl)cc2)cc1C. The summed E-state index contributed by atoms with van der Waals surface area (Å²) in [5.74, 6) is 0.714. The van der Waals surface area contributed by atoms with E-state index in [1.165, 1.54) is 11.1 Å². The minimum Gasteiger partial charge on any atom is -0.486 e. The van der Waals surface area contributed by atoms with Crippen molar-refractivity contribution in [2.24, 2.45) is 0 Å². The molecule has 20 heavy (non-hydrogen) atoms. The summed E-state index contributed by atoms with van der Waals surface area (Å²) >= 11 is 5.79. The van der Waals surface area contributed by atoms with E-state index >= 15 is 0 Å². The van der Waals surface area contributed by atoms with Crippen molar-refractivity contribution in [2.45, 2.75) is 20.3 Å².